The molecule has 2 aliphatic carbocycles. The molecule has 1 aliphatic heterocycles. The van der Waals surface area contributed by atoms with E-state index in [0.29, 0.717) is 24.9 Å². The molecule has 0 aromatic heterocycles. The summed E-state index contributed by atoms with van der Waals surface area (Å²) in [4.78, 5) is 14.1. The van der Waals surface area contributed by atoms with Gasteiger partial charge in [0.25, 0.3) is 0 Å². The van der Waals surface area contributed by atoms with Gasteiger partial charge < -0.3 is 15.3 Å². The van der Waals surface area contributed by atoms with Crippen molar-refractivity contribution in [3.63, 3.8) is 0 Å². The molecule has 3 atom stereocenters. The van der Waals surface area contributed by atoms with Gasteiger partial charge in [0.15, 0.2) is 0 Å². The van der Waals surface area contributed by atoms with E-state index in [0.717, 1.165) is 38.5 Å². The molecule has 2 saturated carbocycles. The Labute approximate surface area is 139 Å². The fourth-order valence-corrected chi connectivity index (χ4v) is 5.37. The van der Waals surface area contributed by atoms with E-state index in [1.165, 1.54) is 6.42 Å². The third kappa shape index (κ3) is 3.70. The first-order valence-corrected chi connectivity index (χ1v) is 8.97. The normalized spacial score (nSPS) is 43.2. The maximum atomic E-state index is 12.4. The molecule has 0 aromatic rings. The molecule has 0 aromatic carbocycles. The fourth-order valence-electron chi connectivity index (χ4n) is 5.37. The highest BCUT2D eigenvalue weighted by atomic mass is 16.3. The molecule has 3 unspecified atom stereocenters. The molecule has 5 heteroatoms. The first-order chi connectivity index (χ1) is 10.8. The Hall–Kier alpha value is -1.12. The molecule has 2 N–H and O–H groups in total. The van der Waals surface area contributed by atoms with Gasteiger partial charge in [0.2, 0.25) is 5.91 Å². The van der Waals surface area contributed by atoms with Crippen molar-refractivity contribution < 1.29 is 9.90 Å². The SMILES string of the molecule is CC1(O)CC2CC(C1)CC(C)(NCC(=O)N1CCCC1C#N)C2. The fraction of sp³-hybridized carbons (Fsp3) is 0.889. The van der Waals surface area contributed by atoms with Crippen molar-refractivity contribution in [2.45, 2.75) is 76.0 Å². The van der Waals surface area contributed by atoms with E-state index in [-0.39, 0.29) is 17.5 Å². The zero-order valence-electron chi connectivity index (χ0n) is 14.3. The molecule has 1 saturated heterocycles. The van der Waals surface area contributed by atoms with Gasteiger partial charge in [0, 0.05) is 12.1 Å². The van der Waals surface area contributed by atoms with Crippen LogP contribution in [0.25, 0.3) is 0 Å². The second-order valence-corrected chi connectivity index (χ2v) is 8.57. The van der Waals surface area contributed by atoms with Gasteiger partial charge in [-0.25, -0.2) is 0 Å². The van der Waals surface area contributed by atoms with Crippen molar-refractivity contribution >= 4 is 5.91 Å². The van der Waals surface area contributed by atoms with Gasteiger partial charge in [-0.3, -0.25) is 4.79 Å². The van der Waals surface area contributed by atoms with Crippen LogP contribution in [0.5, 0.6) is 0 Å². The van der Waals surface area contributed by atoms with Gasteiger partial charge in [0.1, 0.15) is 6.04 Å². The number of hydrogen-bond acceptors (Lipinski definition) is 4. The third-order valence-electron chi connectivity index (χ3n) is 5.99. The number of rotatable bonds is 3. The number of nitriles is 1. The average molecular weight is 319 g/mol. The van der Waals surface area contributed by atoms with E-state index < -0.39 is 5.60 Å². The Balaban J connectivity index is 1.56. The van der Waals surface area contributed by atoms with Crippen LogP contribution in [0.4, 0.5) is 0 Å². The summed E-state index contributed by atoms with van der Waals surface area (Å²) in [5.41, 5.74) is -0.540. The summed E-state index contributed by atoms with van der Waals surface area (Å²) in [6, 6.07) is 2.00. The van der Waals surface area contributed by atoms with Crippen LogP contribution in [0.15, 0.2) is 0 Å². The molecule has 0 radical (unpaired) electrons. The van der Waals surface area contributed by atoms with Crippen LogP contribution in [0.2, 0.25) is 0 Å². The smallest absolute Gasteiger partial charge is 0.237 e. The summed E-state index contributed by atoms with van der Waals surface area (Å²) in [5, 5.41) is 23.0. The summed E-state index contributed by atoms with van der Waals surface area (Å²) in [5.74, 6) is 1.14. The first kappa shape index (κ1) is 16.7. The van der Waals surface area contributed by atoms with Crippen LogP contribution in [0.1, 0.15) is 58.8 Å². The molecule has 1 amide bonds. The number of carbonyl (C=O) groups excluding carboxylic acids is 1. The lowest BCUT2D eigenvalue weighted by Gasteiger charge is -2.50. The van der Waals surface area contributed by atoms with Crippen molar-refractivity contribution in [1.29, 1.82) is 5.26 Å². The summed E-state index contributed by atoms with van der Waals surface area (Å²) >= 11 is 0. The molecule has 3 rings (SSSR count). The topological polar surface area (TPSA) is 76.4 Å². The molecule has 128 valence electrons. The molecule has 5 nitrogen and oxygen atoms in total. The molecule has 23 heavy (non-hydrogen) atoms. The predicted octanol–water partition coefficient (Wildman–Crippen LogP) is 1.81. The lowest BCUT2D eigenvalue weighted by Crippen LogP contribution is -2.55. The summed E-state index contributed by atoms with van der Waals surface area (Å²) < 4.78 is 0. The summed E-state index contributed by atoms with van der Waals surface area (Å²) in [6.07, 6.45) is 6.74. The van der Waals surface area contributed by atoms with Crippen molar-refractivity contribution in [2.75, 3.05) is 13.1 Å². The first-order valence-electron chi connectivity index (χ1n) is 8.97. The second-order valence-electron chi connectivity index (χ2n) is 8.57. The molecule has 0 spiro atoms. The van der Waals surface area contributed by atoms with Crippen LogP contribution >= 0.6 is 0 Å². The van der Waals surface area contributed by atoms with Crippen molar-refractivity contribution in [1.82, 2.24) is 10.2 Å². The monoisotopic (exact) mass is 319 g/mol. The third-order valence-corrected chi connectivity index (χ3v) is 5.99. The zero-order chi connectivity index (χ0) is 16.7. The maximum Gasteiger partial charge on any atom is 0.237 e. The van der Waals surface area contributed by atoms with Crippen LogP contribution in [0, 0.1) is 23.2 Å². The van der Waals surface area contributed by atoms with E-state index in [2.05, 4.69) is 18.3 Å². The van der Waals surface area contributed by atoms with Gasteiger partial charge >= 0.3 is 0 Å². The van der Waals surface area contributed by atoms with Crippen molar-refractivity contribution in [2.24, 2.45) is 11.8 Å². The Morgan fingerprint density at radius 3 is 2.57 bits per heavy atom. The highest BCUT2D eigenvalue weighted by molar-refractivity contribution is 5.79. The van der Waals surface area contributed by atoms with Crippen molar-refractivity contribution in [3.05, 3.63) is 0 Å². The molecular weight excluding hydrogens is 290 g/mol. The number of hydrogen-bond donors (Lipinski definition) is 2. The Morgan fingerprint density at radius 2 is 1.96 bits per heavy atom. The Morgan fingerprint density at radius 1 is 1.30 bits per heavy atom. The second kappa shape index (κ2) is 6.07. The van der Waals surface area contributed by atoms with Crippen LogP contribution in [0.3, 0.4) is 0 Å². The number of nitrogens with one attached hydrogen (secondary N) is 1. The lowest BCUT2D eigenvalue weighted by molar-refractivity contribution is -0.131. The van der Waals surface area contributed by atoms with Crippen LogP contribution in [-0.4, -0.2) is 46.2 Å². The average Bonchev–Trinajstić information content (AvgIpc) is 2.90. The molecule has 3 fully saturated rings. The number of nitrogens with zero attached hydrogens (tertiary/aromatic N) is 2. The Kier molecular flexibility index (Phi) is 4.41. The van der Waals surface area contributed by atoms with E-state index in [1.807, 2.05) is 6.92 Å². The number of fused-ring (bicyclic) bond motifs is 2. The summed E-state index contributed by atoms with van der Waals surface area (Å²) in [7, 11) is 0. The van der Waals surface area contributed by atoms with Crippen molar-refractivity contribution in [3.8, 4) is 6.07 Å². The lowest BCUT2D eigenvalue weighted by atomic mass is 9.61. The summed E-state index contributed by atoms with van der Waals surface area (Å²) in [6.45, 7) is 5.21. The highest BCUT2D eigenvalue weighted by Crippen LogP contribution is 2.47. The molecule has 3 aliphatic rings. The minimum absolute atomic E-state index is 0.0262. The van der Waals surface area contributed by atoms with E-state index >= 15 is 0 Å². The zero-order valence-corrected chi connectivity index (χ0v) is 14.3. The Bertz CT molecular complexity index is 495. The number of aliphatic hydroxyl groups is 1. The van der Waals surface area contributed by atoms with Gasteiger partial charge in [-0.05, 0) is 70.6 Å². The number of amides is 1. The van der Waals surface area contributed by atoms with Crippen LogP contribution in [-0.2, 0) is 4.79 Å². The number of likely N-dealkylation sites (tertiary alicyclic amines) is 1. The van der Waals surface area contributed by atoms with Gasteiger partial charge in [-0.1, -0.05) is 0 Å². The quantitative estimate of drug-likeness (QED) is 0.832. The highest BCUT2D eigenvalue weighted by Gasteiger charge is 2.45. The van der Waals surface area contributed by atoms with E-state index in [9.17, 15) is 9.90 Å². The largest absolute Gasteiger partial charge is 0.390 e. The minimum Gasteiger partial charge on any atom is -0.390 e. The molecule has 2 bridgehead atoms. The standard InChI is InChI=1S/C18H29N3O2/c1-17(7-13-6-14(8-17)10-18(2,23)9-13)20-12-16(22)21-5-3-4-15(21)11-19/h13-15,20,23H,3-10,12H2,1-2H3. The molecule has 1 heterocycles. The minimum atomic E-state index is -0.514. The van der Waals surface area contributed by atoms with Gasteiger partial charge in [-0.15, -0.1) is 0 Å². The van der Waals surface area contributed by atoms with Gasteiger partial charge in [0.05, 0.1) is 18.2 Å². The number of carbonyl (C=O) groups is 1. The molecular formula is C18H29N3O2. The maximum absolute atomic E-state index is 12.4. The van der Waals surface area contributed by atoms with Gasteiger partial charge in [-0.2, -0.15) is 5.26 Å². The van der Waals surface area contributed by atoms with Crippen LogP contribution < -0.4 is 5.32 Å². The predicted molar refractivity (Wildman–Crippen MR) is 87.4 cm³/mol. The van der Waals surface area contributed by atoms with E-state index in [4.69, 9.17) is 5.26 Å². The van der Waals surface area contributed by atoms with E-state index in [1.54, 1.807) is 4.90 Å².